The summed E-state index contributed by atoms with van der Waals surface area (Å²) in [7, 11) is 0. The number of nitrogens with one attached hydrogen (secondary N) is 1. The average molecular weight is 300 g/mol. The number of hydrogen-bond donors (Lipinski definition) is 2. The number of anilines is 1. The third-order valence-corrected chi connectivity index (χ3v) is 2.63. The molecule has 2 aromatic rings. The lowest BCUT2D eigenvalue weighted by Gasteiger charge is -2.09. The van der Waals surface area contributed by atoms with Crippen LogP contribution in [0.3, 0.4) is 0 Å². The molecule has 1 aromatic heterocycles. The summed E-state index contributed by atoms with van der Waals surface area (Å²) < 4.78 is 52.7. The van der Waals surface area contributed by atoms with Gasteiger partial charge >= 0.3 is 5.97 Å². The standard InChI is InChI=1S/C13H8F4N2O2/c14-8-3-9(15)11(17)12(10(8)16)19-5-7-2-1-6(4-18-7)13(20)21/h1-4,19H,5H2,(H,20,21). The first-order chi connectivity index (χ1) is 9.90. The molecule has 0 aliphatic rings. The van der Waals surface area contributed by atoms with Crippen LogP contribution in [0.2, 0.25) is 0 Å². The van der Waals surface area contributed by atoms with E-state index in [0.717, 1.165) is 6.20 Å². The third-order valence-electron chi connectivity index (χ3n) is 2.63. The van der Waals surface area contributed by atoms with Gasteiger partial charge in [0.2, 0.25) is 0 Å². The molecule has 0 aliphatic carbocycles. The lowest BCUT2D eigenvalue weighted by atomic mass is 10.2. The second-order valence-electron chi connectivity index (χ2n) is 4.04. The first-order valence-corrected chi connectivity index (χ1v) is 5.65. The molecule has 2 rings (SSSR count). The SMILES string of the molecule is O=C(O)c1ccc(CNc2c(F)c(F)cc(F)c2F)nc1. The zero-order valence-corrected chi connectivity index (χ0v) is 10.3. The molecule has 0 aliphatic heterocycles. The van der Waals surface area contributed by atoms with Crippen molar-refractivity contribution >= 4 is 11.7 Å². The van der Waals surface area contributed by atoms with Crippen LogP contribution in [0.15, 0.2) is 24.4 Å². The summed E-state index contributed by atoms with van der Waals surface area (Å²) in [4.78, 5) is 14.4. The van der Waals surface area contributed by atoms with Crippen molar-refractivity contribution in [2.45, 2.75) is 6.54 Å². The van der Waals surface area contributed by atoms with Crippen LogP contribution in [0.4, 0.5) is 23.2 Å². The molecule has 0 saturated heterocycles. The summed E-state index contributed by atoms with van der Waals surface area (Å²) >= 11 is 0. The zero-order valence-electron chi connectivity index (χ0n) is 10.3. The molecule has 0 saturated carbocycles. The molecule has 21 heavy (non-hydrogen) atoms. The maximum atomic E-state index is 13.4. The molecule has 8 heteroatoms. The summed E-state index contributed by atoms with van der Waals surface area (Å²) in [5, 5.41) is 10.9. The minimum atomic E-state index is -1.55. The number of nitrogens with zero attached hydrogens (tertiary/aromatic N) is 1. The van der Waals surface area contributed by atoms with Gasteiger partial charge in [-0.1, -0.05) is 0 Å². The number of pyridine rings is 1. The minimum Gasteiger partial charge on any atom is -0.478 e. The van der Waals surface area contributed by atoms with Crippen LogP contribution in [0.1, 0.15) is 16.1 Å². The Kier molecular flexibility index (Phi) is 4.06. The van der Waals surface area contributed by atoms with Crippen LogP contribution in [-0.2, 0) is 6.54 Å². The summed E-state index contributed by atoms with van der Waals surface area (Å²) in [5.41, 5.74) is -0.770. The Morgan fingerprint density at radius 3 is 2.24 bits per heavy atom. The number of carboxylic acid groups (broad SMARTS) is 1. The van der Waals surface area contributed by atoms with Gasteiger partial charge in [0.25, 0.3) is 0 Å². The van der Waals surface area contributed by atoms with E-state index in [9.17, 15) is 22.4 Å². The minimum absolute atomic E-state index is 0.0621. The highest BCUT2D eigenvalue weighted by molar-refractivity contribution is 5.87. The van der Waals surface area contributed by atoms with Crippen molar-refractivity contribution in [1.29, 1.82) is 0 Å². The van der Waals surface area contributed by atoms with E-state index >= 15 is 0 Å². The number of benzene rings is 1. The quantitative estimate of drug-likeness (QED) is 0.673. The van der Waals surface area contributed by atoms with Crippen LogP contribution in [-0.4, -0.2) is 16.1 Å². The second-order valence-corrected chi connectivity index (χ2v) is 4.04. The van der Waals surface area contributed by atoms with Gasteiger partial charge in [-0.2, -0.15) is 0 Å². The first kappa shape index (κ1) is 14.8. The highest BCUT2D eigenvalue weighted by Gasteiger charge is 2.18. The van der Waals surface area contributed by atoms with Crippen molar-refractivity contribution in [1.82, 2.24) is 4.98 Å². The zero-order chi connectivity index (χ0) is 15.6. The highest BCUT2D eigenvalue weighted by atomic mass is 19.2. The molecule has 0 fully saturated rings. The van der Waals surface area contributed by atoms with Gasteiger partial charge in [-0.3, -0.25) is 4.98 Å². The van der Waals surface area contributed by atoms with Gasteiger partial charge in [-0.15, -0.1) is 0 Å². The molecule has 0 atom stereocenters. The van der Waals surface area contributed by atoms with Crippen molar-refractivity contribution in [3.63, 3.8) is 0 Å². The van der Waals surface area contributed by atoms with Gasteiger partial charge in [-0.25, -0.2) is 22.4 Å². The number of halogens is 4. The number of rotatable bonds is 4. The number of aromatic carboxylic acids is 1. The van der Waals surface area contributed by atoms with Gasteiger partial charge in [-0.05, 0) is 12.1 Å². The van der Waals surface area contributed by atoms with E-state index in [0.29, 0.717) is 0 Å². The molecule has 0 bridgehead atoms. The van der Waals surface area contributed by atoms with Crippen LogP contribution < -0.4 is 5.32 Å². The monoisotopic (exact) mass is 300 g/mol. The molecule has 2 N–H and O–H groups in total. The molecule has 0 amide bonds. The maximum absolute atomic E-state index is 13.4. The van der Waals surface area contributed by atoms with Crippen LogP contribution in [0, 0.1) is 23.3 Å². The van der Waals surface area contributed by atoms with E-state index in [1.54, 1.807) is 0 Å². The van der Waals surface area contributed by atoms with E-state index in [1.807, 2.05) is 0 Å². The first-order valence-electron chi connectivity index (χ1n) is 5.65. The normalized spacial score (nSPS) is 10.5. The fraction of sp³-hybridized carbons (Fsp3) is 0.0769. The Labute approximate surface area is 116 Å². The van der Waals surface area contributed by atoms with Crippen molar-refractivity contribution in [2.75, 3.05) is 5.32 Å². The lowest BCUT2D eigenvalue weighted by Crippen LogP contribution is -2.08. The number of aromatic nitrogens is 1. The summed E-state index contributed by atoms with van der Waals surface area (Å²) in [6, 6.07) is 2.66. The summed E-state index contributed by atoms with van der Waals surface area (Å²) in [6.45, 7) is -0.239. The Hall–Kier alpha value is -2.64. The molecular weight excluding hydrogens is 292 g/mol. The molecule has 110 valence electrons. The van der Waals surface area contributed by atoms with Crippen LogP contribution >= 0.6 is 0 Å². The Bertz CT molecular complexity index is 663. The molecular formula is C13H8F4N2O2. The lowest BCUT2D eigenvalue weighted by molar-refractivity contribution is 0.0696. The second kappa shape index (κ2) is 5.78. The predicted octanol–water partition coefficient (Wildman–Crippen LogP) is 2.95. The maximum Gasteiger partial charge on any atom is 0.337 e. The fourth-order valence-electron chi connectivity index (χ4n) is 1.56. The molecule has 1 aromatic carbocycles. The van der Waals surface area contributed by atoms with Gasteiger partial charge in [0.15, 0.2) is 23.3 Å². The highest BCUT2D eigenvalue weighted by Crippen LogP contribution is 2.24. The Morgan fingerprint density at radius 1 is 1.14 bits per heavy atom. The van der Waals surface area contributed by atoms with Crippen molar-refractivity contribution in [3.8, 4) is 0 Å². The number of carbonyl (C=O) groups is 1. The third kappa shape index (κ3) is 3.10. The average Bonchev–Trinajstić information content (AvgIpc) is 2.45. The Balaban J connectivity index is 2.18. The molecule has 0 radical (unpaired) electrons. The predicted molar refractivity (Wildman–Crippen MR) is 64.8 cm³/mol. The van der Waals surface area contributed by atoms with E-state index in [2.05, 4.69) is 10.3 Å². The number of hydrogen-bond acceptors (Lipinski definition) is 3. The summed E-state index contributed by atoms with van der Waals surface area (Å²) in [6.07, 6.45) is 1.05. The van der Waals surface area contributed by atoms with Gasteiger partial charge in [0.1, 0.15) is 5.69 Å². The molecule has 0 unspecified atom stereocenters. The summed E-state index contributed by atoms with van der Waals surface area (Å²) in [5.74, 6) is -7.31. The van der Waals surface area contributed by atoms with E-state index in [4.69, 9.17) is 5.11 Å². The molecule has 4 nitrogen and oxygen atoms in total. The van der Waals surface area contributed by atoms with Gasteiger partial charge in [0, 0.05) is 12.3 Å². The number of carboxylic acids is 1. The fourth-order valence-corrected chi connectivity index (χ4v) is 1.56. The smallest absolute Gasteiger partial charge is 0.337 e. The molecule has 0 spiro atoms. The molecule has 1 heterocycles. The van der Waals surface area contributed by atoms with Crippen LogP contribution in [0.5, 0.6) is 0 Å². The largest absolute Gasteiger partial charge is 0.478 e. The van der Waals surface area contributed by atoms with Crippen molar-refractivity contribution in [3.05, 3.63) is 58.9 Å². The van der Waals surface area contributed by atoms with E-state index in [-0.39, 0.29) is 23.9 Å². The van der Waals surface area contributed by atoms with Crippen LogP contribution in [0.25, 0.3) is 0 Å². The van der Waals surface area contributed by atoms with E-state index in [1.165, 1.54) is 12.1 Å². The van der Waals surface area contributed by atoms with Gasteiger partial charge in [0.05, 0.1) is 17.8 Å². The van der Waals surface area contributed by atoms with Crippen molar-refractivity contribution < 1.29 is 27.5 Å². The topological polar surface area (TPSA) is 62.2 Å². The van der Waals surface area contributed by atoms with Crippen molar-refractivity contribution in [2.24, 2.45) is 0 Å². The van der Waals surface area contributed by atoms with E-state index < -0.39 is 34.9 Å². The Morgan fingerprint density at radius 2 is 1.76 bits per heavy atom. The van der Waals surface area contributed by atoms with Gasteiger partial charge < -0.3 is 10.4 Å².